The van der Waals surface area contributed by atoms with Crippen molar-refractivity contribution < 1.29 is 4.74 Å². The van der Waals surface area contributed by atoms with E-state index in [2.05, 4.69) is 46.8 Å². The summed E-state index contributed by atoms with van der Waals surface area (Å²) in [6, 6.07) is 6.46. The van der Waals surface area contributed by atoms with Crippen LogP contribution in [0, 0.1) is 13.8 Å². The topological polar surface area (TPSA) is 39.9 Å². The Kier molecular flexibility index (Phi) is 5.15. The lowest BCUT2D eigenvalue weighted by Crippen LogP contribution is -2.12. The summed E-state index contributed by atoms with van der Waals surface area (Å²) in [6.07, 6.45) is 0.765. The van der Waals surface area contributed by atoms with Gasteiger partial charge in [0.2, 0.25) is 0 Å². The third kappa shape index (κ3) is 3.38. The lowest BCUT2D eigenvalue weighted by molar-refractivity contribution is 0.185. The van der Waals surface area contributed by atoms with Gasteiger partial charge in [0.05, 0.1) is 12.5 Å². The number of rotatable bonds is 6. The minimum Gasteiger partial charge on any atom is -0.383 e. The lowest BCUT2D eigenvalue weighted by atomic mass is 10.0. The Morgan fingerprint density at radius 2 is 1.95 bits per heavy atom. The number of aryl methyl sites for hydroxylation is 2. The zero-order chi connectivity index (χ0) is 14.5. The molecule has 108 valence electrons. The van der Waals surface area contributed by atoms with E-state index in [1.807, 2.05) is 0 Å². The molecule has 0 unspecified atom stereocenters. The van der Waals surface area contributed by atoms with Gasteiger partial charge in [-0.15, -0.1) is 21.8 Å². The number of methoxy groups -OCH3 is 1. The number of benzene rings is 1. The third-order valence-corrected chi connectivity index (χ3v) is 3.63. The highest BCUT2D eigenvalue weighted by Crippen LogP contribution is 2.16. The maximum Gasteiger partial charge on any atom is 0.148 e. The van der Waals surface area contributed by atoms with Gasteiger partial charge in [-0.2, -0.15) is 0 Å². The molecule has 0 aliphatic carbocycles. The fraction of sp³-hybridized carbons (Fsp3) is 0.467. The van der Waals surface area contributed by atoms with Crippen molar-refractivity contribution in [1.29, 1.82) is 0 Å². The van der Waals surface area contributed by atoms with Crippen LogP contribution in [0.25, 0.3) is 0 Å². The molecule has 0 fully saturated rings. The van der Waals surface area contributed by atoms with E-state index in [0.29, 0.717) is 12.5 Å². The first-order chi connectivity index (χ1) is 9.65. The van der Waals surface area contributed by atoms with Crippen molar-refractivity contribution in [2.45, 2.75) is 32.7 Å². The van der Waals surface area contributed by atoms with Crippen molar-refractivity contribution in [2.75, 3.05) is 13.7 Å². The van der Waals surface area contributed by atoms with E-state index in [1.54, 1.807) is 7.11 Å². The van der Waals surface area contributed by atoms with E-state index in [-0.39, 0.29) is 0 Å². The lowest BCUT2D eigenvalue weighted by Gasteiger charge is -2.10. The van der Waals surface area contributed by atoms with E-state index in [0.717, 1.165) is 24.6 Å². The second kappa shape index (κ2) is 6.86. The smallest absolute Gasteiger partial charge is 0.148 e. The highest BCUT2D eigenvalue weighted by atomic mass is 35.5. The van der Waals surface area contributed by atoms with Crippen LogP contribution >= 0.6 is 11.6 Å². The van der Waals surface area contributed by atoms with Gasteiger partial charge in [0, 0.05) is 20.1 Å². The summed E-state index contributed by atoms with van der Waals surface area (Å²) in [7, 11) is 1.69. The number of hydrogen-bond acceptors (Lipinski definition) is 3. The monoisotopic (exact) mass is 293 g/mol. The van der Waals surface area contributed by atoms with Gasteiger partial charge in [-0.3, -0.25) is 0 Å². The highest BCUT2D eigenvalue weighted by molar-refractivity contribution is 6.16. The van der Waals surface area contributed by atoms with Crippen molar-refractivity contribution in [3.8, 4) is 0 Å². The molecular formula is C15H20ClN3O. The number of alkyl halides is 1. The number of halogens is 1. The molecular weight excluding hydrogens is 274 g/mol. The van der Waals surface area contributed by atoms with Crippen molar-refractivity contribution in [2.24, 2.45) is 0 Å². The van der Waals surface area contributed by atoms with Gasteiger partial charge in [-0.25, -0.2) is 0 Å². The van der Waals surface area contributed by atoms with Gasteiger partial charge in [0.25, 0.3) is 0 Å². The zero-order valence-corrected chi connectivity index (χ0v) is 12.9. The van der Waals surface area contributed by atoms with E-state index in [1.165, 1.54) is 16.7 Å². The highest BCUT2D eigenvalue weighted by Gasteiger charge is 2.12. The Morgan fingerprint density at radius 3 is 2.65 bits per heavy atom. The number of hydrogen-bond donors (Lipinski definition) is 0. The molecule has 0 radical (unpaired) electrons. The molecule has 2 rings (SSSR count). The minimum absolute atomic E-state index is 0.365. The quantitative estimate of drug-likeness (QED) is 0.769. The molecule has 5 heteroatoms. The van der Waals surface area contributed by atoms with Gasteiger partial charge < -0.3 is 9.30 Å². The number of ether oxygens (including phenoxy) is 1. The van der Waals surface area contributed by atoms with Gasteiger partial charge >= 0.3 is 0 Å². The predicted molar refractivity (Wildman–Crippen MR) is 80.2 cm³/mol. The van der Waals surface area contributed by atoms with E-state index in [4.69, 9.17) is 16.3 Å². The summed E-state index contributed by atoms with van der Waals surface area (Å²) in [6.45, 7) is 5.57. The molecule has 0 aliphatic heterocycles. The van der Waals surface area contributed by atoms with Crippen LogP contribution in [0.2, 0.25) is 0 Å². The van der Waals surface area contributed by atoms with E-state index < -0.39 is 0 Å². The van der Waals surface area contributed by atoms with Gasteiger partial charge in [-0.1, -0.05) is 23.8 Å². The van der Waals surface area contributed by atoms with Crippen LogP contribution in [-0.4, -0.2) is 28.5 Å². The van der Waals surface area contributed by atoms with Crippen LogP contribution in [0.4, 0.5) is 0 Å². The Bertz CT molecular complexity index is 580. The molecule has 0 N–H and O–H groups in total. The summed E-state index contributed by atoms with van der Waals surface area (Å²) in [5, 5.41) is 8.44. The maximum absolute atomic E-state index is 5.92. The Hall–Kier alpha value is -1.39. The summed E-state index contributed by atoms with van der Waals surface area (Å²) < 4.78 is 7.20. The second-order valence-electron chi connectivity index (χ2n) is 4.92. The summed E-state index contributed by atoms with van der Waals surface area (Å²) in [5.74, 6) is 2.10. The summed E-state index contributed by atoms with van der Waals surface area (Å²) in [5.41, 5.74) is 3.80. The van der Waals surface area contributed by atoms with Crippen LogP contribution < -0.4 is 0 Å². The van der Waals surface area contributed by atoms with E-state index in [9.17, 15) is 0 Å². The molecule has 0 saturated heterocycles. The largest absolute Gasteiger partial charge is 0.383 e. The standard InChI is InChI=1S/C15H20ClN3O/c1-11-4-5-12(2)13(8-11)9-14-17-18-15(10-16)19(14)6-7-20-3/h4-5,8H,6-7,9-10H2,1-3H3. The molecule has 1 aromatic carbocycles. The molecule has 0 amide bonds. The summed E-state index contributed by atoms with van der Waals surface area (Å²) in [4.78, 5) is 0. The first kappa shape index (κ1) is 15.0. The molecule has 1 aromatic heterocycles. The van der Waals surface area contributed by atoms with Crippen LogP contribution in [-0.2, 0) is 23.6 Å². The average Bonchev–Trinajstić information content (AvgIpc) is 2.82. The first-order valence-corrected chi connectivity index (χ1v) is 7.21. The first-order valence-electron chi connectivity index (χ1n) is 6.67. The second-order valence-corrected chi connectivity index (χ2v) is 5.18. The molecule has 20 heavy (non-hydrogen) atoms. The number of nitrogens with zero attached hydrogens (tertiary/aromatic N) is 3. The molecule has 0 aliphatic rings. The fourth-order valence-electron chi connectivity index (χ4n) is 2.20. The van der Waals surface area contributed by atoms with E-state index >= 15 is 0 Å². The van der Waals surface area contributed by atoms with Crippen molar-refractivity contribution in [3.63, 3.8) is 0 Å². The van der Waals surface area contributed by atoms with Crippen LogP contribution in [0.15, 0.2) is 18.2 Å². The number of aromatic nitrogens is 3. The average molecular weight is 294 g/mol. The van der Waals surface area contributed by atoms with Crippen LogP contribution in [0.5, 0.6) is 0 Å². The Morgan fingerprint density at radius 1 is 1.20 bits per heavy atom. The normalized spacial score (nSPS) is 11.0. The molecule has 0 atom stereocenters. The molecule has 0 bridgehead atoms. The maximum atomic E-state index is 5.92. The Labute approximate surface area is 124 Å². The molecule has 2 aromatic rings. The Balaban J connectivity index is 2.28. The fourth-order valence-corrected chi connectivity index (χ4v) is 2.40. The predicted octanol–water partition coefficient (Wildman–Crippen LogP) is 2.87. The van der Waals surface area contributed by atoms with Crippen molar-refractivity contribution in [1.82, 2.24) is 14.8 Å². The van der Waals surface area contributed by atoms with Crippen LogP contribution in [0.1, 0.15) is 28.3 Å². The molecule has 1 heterocycles. The molecule has 0 saturated carbocycles. The van der Waals surface area contributed by atoms with Crippen molar-refractivity contribution >= 4 is 11.6 Å². The summed E-state index contributed by atoms with van der Waals surface area (Å²) >= 11 is 5.92. The van der Waals surface area contributed by atoms with Gasteiger partial charge in [-0.05, 0) is 25.0 Å². The molecule has 0 spiro atoms. The zero-order valence-electron chi connectivity index (χ0n) is 12.2. The third-order valence-electron chi connectivity index (χ3n) is 3.40. The molecule has 4 nitrogen and oxygen atoms in total. The van der Waals surface area contributed by atoms with Crippen LogP contribution in [0.3, 0.4) is 0 Å². The van der Waals surface area contributed by atoms with Gasteiger partial charge in [0.1, 0.15) is 11.6 Å². The minimum atomic E-state index is 0.365. The van der Waals surface area contributed by atoms with Crippen molar-refractivity contribution in [3.05, 3.63) is 46.5 Å². The van der Waals surface area contributed by atoms with Gasteiger partial charge in [0.15, 0.2) is 0 Å². The SMILES string of the molecule is COCCn1c(CCl)nnc1Cc1cc(C)ccc1C.